The molecule has 4 heterocycles. The van der Waals surface area contributed by atoms with E-state index < -0.39 is 5.91 Å². The molecule has 204 valence electrons. The van der Waals surface area contributed by atoms with Crippen molar-refractivity contribution >= 4 is 28.9 Å². The molecule has 39 heavy (non-hydrogen) atoms. The van der Waals surface area contributed by atoms with E-state index in [1.54, 1.807) is 0 Å². The minimum absolute atomic E-state index is 0.233. The van der Waals surface area contributed by atoms with E-state index in [4.69, 9.17) is 4.98 Å². The van der Waals surface area contributed by atoms with Gasteiger partial charge in [0.05, 0.1) is 0 Å². The maximum Gasteiger partial charge on any atom is 0.293 e. The Balaban J connectivity index is 1.08. The third-order valence-corrected chi connectivity index (χ3v) is 8.96. The molecule has 7 nitrogen and oxygen atoms in total. The number of ketones is 1. The van der Waals surface area contributed by atoms with Crippen molar-refractivity contribution in [3.8, 4) is 0 Å². The Bertz CT molecular complexity index is 1270. The molecule has 1 N–H and O–H groups in total. The number of nitrogens with one attached hydrogen (secondary N) is 1. The highest BCUT2D eigenvalue weighted by atomic mass is 16.2. The maximum atomic E-state index is 13.6. The van der Waals surface area contributed by atoms with Crippen molar-refractivity contribution in [1.82, 2.24) is 9.88 Å². The normalized spacial score (nSPS) is 23.1. The van der Waals surface area contributed by atoms with Crippen LogP contribution in [0, 0.1) is 25.7 Å². The number of amides is 1. The third-order valence-electron chi connectivity index (χ3n) is 8.96. The van der Waals surface area contributed by atoms with Crippen LogP contribution in [0.1, 0.15) is 43.4 Å². The molecule has 1 amide bonds. The van der Waals surface area contributed by atoms with Crippen molar-refractivity contribution in [2.24, 2.45) is 11.8 Å². The van der Waals surface area contributed by atoms with E-state index in [9.17, 15) is 9.59 Å². The molecule has 0 radical (unpaired) electrons. The van der Waals surface area contributed by atoms with E-state index in [1.165, 1.54) is 36.9 Å². The Morgan fingerprint density at radius 2 is 1.67 bits per heavy atom. The number of allylic oxidation sites excluding steroid dienone is 3. The Morgan fingerprint density at radius 1 is 0.949 bits per heavy atom. The first-order valence-electron chi connectivity index (χ1n) is 14.5. The van der Waals surface area contributed by atoms with Crippen LogP contribution >= 0.6 is 0 Å². The summed E-state index contributed by atoms with van der Waals surface area (Å²) in [5.41, 5.74) is 5.29. The molecule has 2 unspecified atom stereocenters. The van der Waals surface area contributed by atoms with Crippen molar-refractivity contribution in [3.05, 3.63) is 71.6 Å². The van der Waals surface area contributed by atoms with Gasteiger partial charge in [0.15, 0.2) is 0 Å². The zero-order chi connectivity index (χ0) is 26.9. The van der Waals surface area contributed by atoms with E-state index in [2.05, 4.69) is 57.3 Å². The smallest absolute Gasteiger partial charge is 0.293 e. The first kappa shape index (κ1) is 25.7. The van der Waals surface area contributed by atoms with Gasteiger partial charge in [0, 0.05) is 55.5 Å². The zero-order valence-electron chi connectivity index (χ0n) is 23.1. The molecule has 6 rings (SSSR count). The molecule has 3 fully saturated rings. The van der Waals surface area contributed by atoms with E-state index >= 15 is 0 Å². The van der Waals surface area contributed by atoms with Gasteiger partial charge in [-0.3, -0.25) is 9.59 Å². The van der Waals surface area contributed by atoms with E-state index in [-0.39, 0.29) is 17.7 Å². The number of aryl methyl sites for hydroxylation is 2. The number of benzene rings is 1. The van der Waals surface area contributed by atoms with Crippen molar-refractivity contribution < 1.29 is 9.59 Å². The molecule has 1 aromatic carbocycles. The number of anilines is 3. The lowest BCUT2D eigenvalue weighted by Gasteiger charge is -2.37. The van der Waals surface area contributed by atoms with Crippen LogP contribution in [0.3, 0.4) is 0 Å². The van der Waals surface area contributed by atoms with E-state index in [0.29, 0.717) is 18.2 Å². The number of hydrogen-bond donors (Lipinski definition) is 1. The molecule has 1 aliphatic carbocycles. The monoisotopic (exact) mass is 525 g/mol. The fourth-order valence-corrected chi connectivity index (χ4v) is 7.03. The van der Waals surface area contributed by atoms with E-state index in [1.807, 2.05) is 31.2 Å². The molecule has 1 aromatic heterocycles. The molecular weight excluding hydrogens is 486 g/mol. The number of Topliss-reactive ketones (excluding diaryl/α,β-unsaturated/α-hetero) is 1. The highest BCUT2D eigenvalue weighted by molar-refractivity contribution is 6.42. The van der Waals surface area contributed by atoms with Crippen molar-refractivity contribution in [2.45, 2.75) is 52.0 Å². The van der Waals surface area contributed by atoms with E-state index in [0.717, 1.165) is 49.8 Å². The second kappa shape index (κ2) is 10.9. The molecule has 1 saturated carbocycles. The maximum absolute atomic E-state index is 13.6. The lowest BCUT2D eigenvalue weighted by molar-refractivity contribution is -0.138. The molecule has 2 saturated heterocycles. The van der Waals surface area contributed by atoms with Crippen molar-refractivity contribution in [2.75, 3.05) is 47.8 Å². The number of carbonyl (C=O) groups excluding carboxylic acids is 2. The van der Waals surface area contributed by atoms with Gasteiger partial charge in [-0.05, 0) is 80.1 Å². The van der Waals surface area contributed by atoms with Crippen LogP contribution in [0.2, 0.25) is 0 Å². The lowest BCUT2D eigenvalue weighted by Crippen LogP contribution is -2.47. The number of rotatable bonds is 6. The average Bonchev–Trinajstić information content (AvgIpc) is 3.61. The predicted octanol–water partition coefficient (Wildman–Crippen LogP) is 4.87. The Hall–Kier alpha value is -3.61. The molecule has 4 aliphatic rings. The summed E-state index contributed by atoms with van der Waals surface area (Å²) in [5.74, 6) is 1.02. The summed E-state index contributed by atoms with van der Waals surface area (Å²) in [4.78, 5) is 38.3. The summed E-state index contributed by atoms with van der Waals surface area (Å²) in [6.45, 7) is 8.50. The Kier molecular flexibility index (Phi) is 7.15. The highest BCUT2D eigenvalue weighted by Gasteiger charge is 2.47. The first-order valence-corrected chi connectivity index (χ1v) is 14.5. The van der Waals surface area contributed by atoms with Crippen molar-refractivity contribution in [1.29, 1.82) is 0 Å². The van der Waals surface area contributed by atoms with Gasteiger partial charge in [0.1, 0.15) is 11.9 Å². The standard InChI is InChI=1S/C32H39N5O2/c1-22-19-23(2)33-29(20-22)36-17-15-35(16-18-36)26-12-10-25(11-13-26)34-32(39)31(38)30-28(24-7-3-4-8-24)21-27-9-5-6-14-37(27)30/h5-6,9-13,19-20,24,28,30H,3-4,7-8,14-18,21H2,1-2H3,(H,34,39). The lowest BCUT2D eigenvalue weighted by atomic mass is 9.82. The number of pyridine rings is 1. The van der Waals surface area contributed by atoms with Crippen LogP contribution in [-0.4, -0.2) is 60.3 Å². The summed E-state index contributed by atoms with van der Waals surface area (Å²) in [5, 5.41) is 2.91. The number of hydrogen-bond acceptors (Lipinski definition) is 6. The number of aromatic nitrogens is 1. The minimum atomic E-state index is -0.499. The van der Waals surface area contributed by atoms with Crippen LogP contribution in [0.15, 0.2) is 60.3 Å². The number of piperazine rings is 1. The summed E-state index contributed by atoms with van der Waals surface area (Å²) in [7, 11) is 0. The van der Waals surface area contributed by atoms with Gasteiger partial charge >= 0.3 is 0 Å². The zero-order valence-corrected chi connectivity index (χ0v) is 23.1. The first-order chi connectivity index (χ1) is 19.0. The second-order valence-corrected chi connectivity index (χ2v) is 11.6. The summed E-state index contributed by atoms with van der Waals surface area (Å²) < 4.78 is 0. The highest BCUT2D eigenvalue weighted by Crippen LogP contribution is 2.44. The van der Waals surface area contributed by atoms with Crippen LogP contribution in [-0.2, 0) is 9.59 Å². The minimum Gasteiger partial charge on any atom is -0.368 e. The van der Waals surface area contributed by atoms with Crippen LogP contribution in [0.25, 0.3) is 0 Å². The number of carbonyl (C=O) groups is 2. The quantitative estimate of drug-likeness (QED) is 0.543. The molecular formula is C32H39N5O2. The molecule has 7 heteroatoms. The largest absolute Gasteiger partial charge is 0.368 e. The fourth-order valence-electron chi connectivity index (χ4n) is 7.03. The summed E-state index contributed by atoms with van der Waals surface area (Å²) >= 11 is 0. The SMILES string of the molecule is Cc1cc(C)nc(N2CCN(c3ccc(NC(=O)C(=O)C4C(C5CCCC5)CC5=CC=CCN54)cc3)CC2)c1. The molecule has 3 aliphatic heterocycles. The average molecular weight is 526 g/mol. The molecule has 0 spiro atoms. The molecule has 2 aromatic rings. The summed E-state index contributed by atoms with van der Waals surface area (Å²) in [6, 6.07) is 11.8. The van der Waals surface area contributed by atoms with Crippen LogP contribution in [0.4, 0.5) is 17.2 Å². The topological polar surface area (TPSA) is 68.8 Å². The Labute approximate surface area is 231 Å². The molecule has 0 bridgehead atoms. The van der Waals surface area contributed by atoms with Gasteiger partial charge in [-0.1, -0.05) is 37.8 Å². The Morgan fingerprint density at radius 3 is 2.38 bits per heavy atom. The second-order valence-electron chi connectivity index (χ2n) is 11.6. The van der Waals surface area contributed by atoms with Crippen LogP contribution in [0.5, 0.6) is 0 Å². The predicted molar refractivity (Wildman–Crippen MR) is 156 cm³/mol. The van der Waals surface area contributed by atoms with Gasteiger partial charge in [-0.15, -0.1) is 0 Å². The van der Waals surface area contributed by atoms with Crippen LogP contribution < -0.4 is 15.1 Å². The third kappa shape index (κ3) is 5.32. The summed E-state index contributed by atoms with van der Waals surface area (Å²) in [6.07, 6.45) is 12.0. The van der Waals surface area contributed by atoms with Gasteiger partial charge in [0.2, 0.25) is 5.78 Å². The van der Waals surface area contributed by atoms with Gasteiger partial charge in [0.25, 0.3) is 5.91 Å². The van der Waals surface area contributed by atoms with Gasteiger partial charge in [-0.25, -0.2) is 4.98 Å². The van der Waals surface area contributed by atoms with Gasteiger partial charge < -0.3 is 20.0 Å². The number of nitrogens with zero attached hydrogens (tertiary/aromatic N) is 4. The number of fused-ring (bicyclic) bond motifs is 1. The fraction of sp³-hybridized carbons (Fsp3) is 0.469. The molecule has 2 atom stereocenters. The van der Waals surface area contributed by atoms with Crippen molar-refractivity contribution in [3.63, 3.8) is 0 Å². The van der Waals surface area contributed by atoms with Gasteiger partial charge in [-0.2, -0.15) is 0 Å².